The van der Waals surface area contributed by atoms with Gasteiger partial charge in [-0.3, -0.25) is 0 Å². The number of fused-ring (bicyclic) bond motifs is 1. The van der Waals surface area contributed by atoms with Crippen molar-refractivity contribution in [3.8, 4) is 0 Å². The molecule has 1 aliphatic rings. The maximum absolute atomic E-state index is 5.48. The molecule has 0 radical (unpaired) electrons. The van der Waals surface area contributed by atoms with Gasteiger partial charge in [-0.2, -0.15) is 0 Å². The first-order valence-corrected chi connectivity index (χ1v) is 5.37. The van der Waals surface area contributed by atoms with Crippen LogP contribution in [0.3, 0.4) is 0 Å². The third kappa shape index (κ3) is 1.59. The molecule has 2 N–H and O–H groups in total. The molecule has 3 rings (SSSR count). The summed E-state index contributed by atoms with van der Waals surface area (Å²) >= 11 is 0. The van der Waals surface area contributed by atoms with Crippen molar-refractivity contribution in [2.24, 2.45) is 0 Å². The Morgan fingerprint density at radius 3 is 3.13 bits per heavy atom. The molecule has 3 heteroatoms. The van der Waals surface area contributed by atoms with E-state index in [0.717, 1.165) is 24.4 Å². The summed E-state index contributed by atoms with van der Waals surface area (Å²) in [4.78, 5) is 0. The topological polar surface area (TPSA) is 37.2 Å². The van der Waals surface area contributed by atoms with Crippen molar-refractivity contribution < 1.29 is 4.42 Å². The van der Waals surface area contributed by atoms with E-state index in [-0.39, 0.29) is 0 Å². The highest BCUT2D eigenvalue weighted by Crippen LogP contribution is 2.26. The van der Waals surface area contributed by atoms with Crippen molar-refractivity contribution in [2.45, 2.75) is 12.5 Å². The number of furan rings is 1. The predicted octanol–water partition coefficient (Wildman–Crippen LogP) is 2.21. The molecular formula is C12H14N2O. The van der Waals surface area contributed by atoms with Crippen LogP contribution in [-0.4, -0.2) is 19.1 Å². The monoisotopic (exact) mass is 202 g/mol. The molecule has 1 unspecified atom stereocenters. The van der Waals surface area contributed by atoms with E-state index in [0.29, 0.717) is 6.04 Å². The van der Waals surface area contributed by atoms with Crippen LogP contribution in [0.25, 0.3) is 11.0 Å². The van der Waals surface area contributed by atoms with Gasteiger partial charge in [-0.15, -0.1) is 0 Å². The molecule has 1 fully saturated rings. The molecule has 15 heavy (non-hydrogen) atoms. The molecular weight excluding hydrogens is 188 g/mol. The van der Waals surface area contributed by atoms with Crippen molar-refractivity contribution in [1.82, 2.24) is 5.32 Å². The van der Waals surface area contributed by atoms with E-state index in [4.69, 9.17) is 4.42 Å². The summed E-state index contributed by atoms with van der Waals surface area (Å²) in [6.07, 6.45) is 2.99. The highest BCUT2D eigenvalue weighted by Gasteiger charge is 2.15. The average molecular weight is 202 g/mol. The van der Waals surface area contributed by atoms with Gasteiger partial charge in [-0.1, -0.05) is 12.1 Å². The van der Waals surface area contributed by atoms with E-state index in [2.05, 4.69) is 16.7 Å². The number of nitrogens with one attached hydrogen (secondary N) is 2. The summed E-state index contributed by atoms with van der Waals surface area (Å²) in [5, 5.41) is 8.02. The normalized spacial score (nSPS) is 20.9. The van der Waals surface area contributed by atoms with Crippen molar-refractivity contribution in [3.63, 3.8) is 0 Å². The fourth-order valence-corrected chi connectivity index (χ4v) is 2.09. The van der Waals surface area contributed by atoms with Crippen LogP contribution in [0.5, 0.6) is 0 Å². The van der Waals surface area contributed by atoms with Crippen molar-refractivity contribution in [2.75, 3.05) is 18.4 Å². The fourth-order valence-electron chi connectivity index (χ4n) is 2.09. The summed E-state index contributed by atoms with van der Waals surface area (Å²) in [5.41, 5.74) is 2.06. The Kier molecular flexibility index (Phi) is 2.10. The van der Waals surface area contributed by atoms with Gasteiger partial charge in [0.2, 0.25) is 0 Å². The Morgan fingerprint density at radius 2 is 2.27 bits per heavy atom. The zero-order valence-corrected chi connectivity index (χ0v) is 8.49. The minimum atomic E-state index is 0.533. The third-order valence-electron chi connectivity index (χ3n) is 2.90. The van der Waals surface area contributed by atoms with Gasteiger partial charge in [0.1, 0.15) is 11.8 Å². The van der Waals surface area contributed by atoms with E-state index in [1.807, 2.05) is 24.5 Å². The van der Waals surface area contributed by atoms with E-state index < -0.39 is 0 Å². The summed E-state index contributed by atoms with van der Waals surface area (Å²) in [5.74, 6) is 0. The molecule has 2 aromatic rings. The molecule has 0 bridgehead atoms. The lowest BCUT2D eigenvalue weighted by atomic mass is 10.2. The highest BCUT2D eigenvalue weighted by atomic mass is 16.3. The number of anilines is 1. The van der Waals surface area contributed by atoms with Crippen LogP contribution in [0, 0.1) is 0 Å². The molecule has 3 nitrogen and oxygen atoms in total. The Labute approximate surface area is 88.5 Å². The molecule has 1 aromatic carbocycles. The zero-order chi connectivity index (χ0) is 10.1. The van der Waals surface area contributed by atoms with Gasteiger partial charge in [-0.25, -0.2) is 0 Å². The standard InChI is InChI=1S/C12H14N2O/c1-2-4-12-10(3-1)11(8-15-12)14-9-5-6-13-7-9/h1-4,8-9,13-14H,5-7H2. The average Bonchev–Trinajstić information content (AvgIpc) is 2.89. The van der Waals surface area contributed by atoms with Crippen LogP contribution in [0.15, 0.2) is 34.9 Å². The van der Waals surface area contributed by atoms with Crippen LogP contribution in [-0.2, 0) is 0 Å². The van der Waals surface area contributed by atoms with Crippen molar-refractivity contribution >= 4 is 16.7 Å². The Morgan fingerprint density at radius 1 is 1.33 bits per heavy atom. The first-order chi connectivity index (χ1) is 7.43. The molecule has 0 aliphatic carbocycles. The second-order valence-electron chi connectivity index (χ2n) is 3.98. The first-order valence-electron chi connectivity index (χ1n) is 5.37. The van der Waals surface area contributed by atoms with Crippen LogP contribution < -0.4 is 10.6 Å². The number of benzene rings is 1. The molecule has 0 spiro atoms. The number of rotatable bonds is 2. The summed E-state index contributed by atoms with van der Waals surface area (Å²) in [6, 6.07) is 8.64. The van der Waals surface area contributed by atoms with Crippen LogP contribution in [0.2, 0.25) is 0 Å². The zero-order valence-electron chi connectivity index (χ0n) is 8.49. The van der Waals surface area contributed by atoms with Crippen molar-refractivity contribution in [1.29, 1.82) is 0 Å². The van der Waals surface area contributed by atoms with E-state index in [1.54, 1.807) is 0 Å². The molecule has 0 saturated carbocycles. The lowest BCUT2D eigenvalue weighted by Gasteiger charge is -2.10. The molecule has 1 aliphatic heterocycles. The minimum Gasteiger partial charge on any atom is -0.462 e. The van der Waals surface area contributed by atoms with Gasteiger partial charge >= 0.3 is 0 Å². The van der Waals surface area contributed by atoms with E-state index in [1.165, 1.54) is 11.8 Å². The third-order valence-corrected chi connectivity index (χ3v) is 2.90. The second-order valence-corrected chi connectivity index (χ2v) is 3.98. The van der Waals surface area contributed by atoms with E-state index in [9.17, 15) is 0 Å². The van der Waals surface area contributed by atoms with Crippen LogP contribution in [0.1, 0.15) is 6.42 Å². The Hall–Kier alpha value is -1.48. The summed E-state index contributed by atoms with van der Waals surface area (Å²) in [6.45, 7) is 2.15. The van der Waals surface area contributed by atoms with Gasteiger partial charge in [0.05, 0.1) is 5.69 Å². The molecule has 1 atom stereocenters. The van der Waals surface area contributed by atoms with Gasteiger partial charge in [-0.05, 0) is 25.1 Å². The maximum atomic E-state index is 5.48. The van der Waals surface area contributed by atoms with Gasteiger partial charge < -0.3 is 15.1 Å². The summed E-state index contributed by atoms with van der Waals surface area (Å²) < 4.78 is 5.48. The Balaban J connectivity index is 1.90. The lowest BCUT2D eigenvalue weighted by Crippen LogP contribution is -2.21. The summed E-state index contributed by atoms with van der Waals surface area (Å²) in [7, 11) is 0. The lowest BCUT2D eigenvalue weighted by molar-refractivity contribution is 0.615. The highest BCUT2D eigenvalue weighted by molar-refractivity contribution is 5.90. The van der Waals surface area contributed by atoms with Crippen LogP contribution >= 0.6 is 0 Å². The first kappa shape index (κ1) is 8.80. The van der Waals surface area contributed by atoms with Crippen molar-refractivity contribution in [3.05, 3.63) is 30.5 Å². The second kappa shape index (κ2) is 3.59. The molecule has 1 saturated heterocycles. The number of para-hydroxylation sites is 1. The quantitative estimate of drug-likeness (QED) is 0.784. The maximum Gasteiger partial charge on any atom is 0.136 e. The minimum absolute atomic E-state index is 0.533. The predicted molar refractivity (Wildman–Crippen MR) is 61.1 cm³/mol. The Bertz CT molecular complexity index is 457. The van der Waals surface area contributed by atoms with Gasteiger partial charge in [0.25, 0.3) is 0 Å². The molecule has 1 aromatic heterocycles. The number of hydrogen-bond donors (Lipinski definition) is 2. The molecule has 2 heterocycles. The smallest absolute Gasteiger partial charge is 0.136 e. The largest absolute Gasteiger partial charge is 0.462 e. The van der Waals surface area contributed by atoms with Gasteiger partial charge in [0, 0.05) is 18.0 Å². The molecule has 78 valence electrons. The SMILES string of the molecule is c1ccc2c(NC3CCNC3)coc2c1. The number of hydrogen-bond acceptors (Lipinski definition) is 3. The van der Waals surface area contributed by atoms with Crippen LogP contribution in [0.4, 0.5) is 5.69 Å². The molecule has 0 amide bonds. The fraction of sp³-hybridized carbons (Fsp3) is 0.333. The van der Waals surface area contributed by atoms with Gasteiger partial charge in [0.15, 0.2) is 0 Å². The van der Waals surface area contributed by atoms with E-state index >= 15 is 0 Å².